The number of rotatable bonds is 0. The summed E-state index contributed by atoms with van der Waals surface area (Å²) in [5, 5.41) is 1.23. The first-order chi connectivity index (χ1) is 7.39. The van der Waals surface area contributed by atoms with Crippen LogP contribution in [0.4, 0.5) is 4.39 Å². The summed E-state index contributed by atoms with van der Waals surface area (Å²) in [5.74, 6) is -0.385. The van der Waals surface area contributed by atoms with Gasteiger partial charge in [0.25, 0.3) is 5.56 Å². The minimum absolute atomic E-state index is 0.0831. The van der Waals surface area contributed by atoms with Gasteiger partial charge >= 0.3 is 0 Å². The van der Waals surface area contributed by atoms with Gasteiger partial charge in [0.1, 0.15) is 5.82 Å². The second kappa shape index (κ2) is 3.44. The van der Waals surface area contributed by atoms with E-state index in [2.05, 4.69) is 25.8 Å². The molecule has 1 N–H and O–H groups in total. The van der Waals surface area contributed by atoms with E-state index in [0.717, 1.165) is 10.9 Å². The highest BCUT2D eigenvalue weighted by molar-refractivity contribution is 5.85. The summed E-state index contributed by atoms with van der Waals surface area (Å²) in [6, 6.07) is 4.33. The second-order valence-electron chi connectivity index (χ2n) is 4.97. The lowest BCUT2D eigenvalue weighted by atomic mass is 9.85. The van der Waals surface area contributed by atoms with Crippen LogP contribution in [0.25, 0.3) is 10.8 Å². The number of nitrogens with one attached hydrogen (secondary N) is 1. The van der Waals surface area contributed by atoms with Crippen molar-refractivity contribution in [2.45, 2.75) is 26.2 Å². The highest BCUT2D eigenvalue weighted by atomic mass is 19.1. The van der Waals surface area contributed by atoms with Crippen LogP contribution in [-0.4, -0.2) is 4.98 Å². The Morgan fingerprint density at radius 3 is 2.50 bits per heavy atom. The van der Waals surface area contributed by atoms with E-state index >= 15 is 0 Å². The van der Waals surface area contributed by atoms with Gasteiger partial charge in [-0.05, 0) is 28.5 Å². The van der Waals surface area contributed by atoms with Crippen molar-refractivity contribution in [3.8, 4) is 0 Å². The molecule has 2 aromatic rings. The summed E-state index contributed by atoms with van der Waals surface area (Å²) >= 11 is 0. The number of fused-ring (bicyclic) bond motifs is 1. The molecule has 0 radical (unpaired) electrons. The summed E-state index contributed by atoms with van der Waals surface area (Å²) in [6.07, 6.45) is 1.71. The first-order valence-electron chi connectivity index (χ1n) is 5.21. The Balaban J connectivity index is 2.90. The molecule has 0 amide bonds. The summed E-state index contributed by atoms with van der Waals surface area (Å²) in [6.45, 7) is 6.18. The molecule has 1 aromatic carbocycles. The quantitative estimate of drug-likeness (QED) is 0.726. The topological polar surface area (TPSA) is 32.9 Å². The van der Waals surface area contributed by atoms with E-state index in [4.69, 9.17) is 0 Å². The standard InChI is InChI=1S/C13H14FNO/c1-13(2,3)11-7-15-12(16)10-6-8(14)4-5-9(10)11/h4-7H,1-3H3,(H,15,16). The van der Waals surface area contributed by atoms with Gasteiger partial charge in [0.15, 0.2) is 0 Å². The van der Waals surface area contributed by atoms with Crippen LogP contribution in [0.15, 0.2) is 29.2 Å². The van der Waals surface area contributed by atoms with E-state index in [1.54, 1.807) is 12.3 Å². The Labute approximate surface area is 93.1 Å². The normalized spacial score (nSPS) is 12.0. The number of aromatic nitrogens is 1. The van der Waals surface area contributed by atoms with Crippen LogP contribution in [0.5, 0.6) is 0 Å². The fourth-order valence-corrected chi connectivity index (χ4v) is 1.85. The summed E-state index contributed by atoms with van der Waals surface area (Å²) in [5.41, 5.74) is 0.685. The molecule has 0 aliphatic carbocycles. The van der Waals surface area contributed by atoms with E-state index in [1.165, 1.54) is 12.1 Å². The second-order valence-corrected chi connectivity index (χ2v) is 4.97. The van der Waals surface area contributed by atoms with Gasteiger partial charge in [-0.2, -0.15) is 0 Å². The summed E-state index contributed by atoms with van der Waals surface area (Å²) in [4.78, 5) is 14.2. The number of benzene rings is 1. The molecule has 2 nitrogen and oxygen atoms in total. The third kappa shape index (κ3) is 1.73. The predicted octanol–water partition coefficient (Wildman–Crippen LogP) is 2.96. The average Bonchev–Trinajstić information content (AvgIpc) is 2.17. The van der Waals surface area contributed by atoms with Crippen LogP contribution in [0, 0.1) is 5.82 Å². The monoisotopic (exact) mass is 219 g/mol. The molecule has 0 aliphatic heterocycles. The molecule has 0 aliphatic rings. The van der Waals surface area contributed by atoms with Gasteiger partial charge in [0, 0.05) is 6.20 Å². The van der Waals surface area contributed by atoms with Gasteiger partial charge < -0.3 is 4.98 Å². The molecule has 0 fully saturated rings. The number of halogens is 1. The molecule has 1 aromatic heterocycles. The highest BCUT2D eigenvalue weighted by Gasteiger charge is 2.18. The number of hydrogen-bond donors (Lipinski definition) is 1. The fraction of sp³-hybridized carbons (Fsp3) is 0.308. The molecule has 0 saturated heterocycles. The summed E-state index contributed by atoms with van der Waals surface area (Å²) < 4.78 is 13.1. The van der Waals surface area contributed by atoms with Crippen molar-refractivity contribution in [3.05, 3.63) is 46.1 Å². The zero-order valence-corrected chi connectivity index (χ0v) is 9.60. The molecule has 84 valence electrons. The van der Waals surface area contributed by atoms with E-state index < -0.39 is 0 Å². The van der Waals surface area contributed by atoms with Crippen LogP contribution in [-0.2, 0) is 5.41 Å². The van der Waals surface area contributed by atoms with Gasteiger partial charge in [-0.1, -0.05) is 26.8 Å². The van der Waals surface area contributed by atoms with Gasteiger partial charge in [0.2, 0.25) is 0 Å². The molecule has 16 heavy (non-hydrogen) atoms. The lowest BCUT2D eigenvalue weighted by molar-refractivity contribution is 0.592. The fourth-order valence-electron chi connectivity index (χ4n) is 1.85. The first-order valence-corrected chi connectivity index (χ1v) is 5.21. The van der Waals surface area contributed by atoms with Crippen molar-refractivity contribution in [1.82, 2.24) is 4.98 Å². The number of hydrogen-bond acceptors (Lipinski definition) is 1. The van der Waals surface area contributed by atoms with Crippen molar-refractivity contribution in [3.63, 3.8) is 0 Å². The molecule has 2 rings (SSSR count). The lowest BCUT2D eigenvalue weighted by Gasteiger charge is -2.20. The van der Waals surface area contributed by atoms with Crippen LogP contribution < -0.4 is 5.56 Å². The van der Waals surface area contributed by atoms with E-state index in [0.29, 0.717) is 5.39 Å². The maximum atomic E-state index is 13.1. The Bertz CT molecular complexity index is 593. The smallest absolute Gasteiger partial charge is 0.255 e. The molecule has 0 unspecified atom stereocenters. The third-order valence-electron chi connectivity index (χ3n) is 2.67. The van der Waals surface area contributed by atoms with Crippen LogP contribution in [0.2, 0.25) is 0 Å². The maximum Gasteiger partial charge on any atom is 0.255 e. The Morgan fingerprint density at radius 2 is 1.88 bits per heavy atom. The highest BCUT2D eigenvalue weighted by Crippen LogP contribution is 2.27. The maximum absolute atomic E-state index is 13.1. The molecular weight excluding hydrogens is 205 g/mol. The molecule has 0 atom stereocenters. The van der Waals surface area contributed by atoms with Gasteiger partial charge in [-0.25, -0.2) is 4.39 Å². The van der Waals surface area contributed by atoms with Crippen molar-refractivity contribution >= 4 is 10.8 Å². The molecular formula is C13H14FNO. The number of H-pyrrole nitrogens is 1. The minimum Gasteiger partial charge on any atom is -0.328 e. The van der Waals surface area contributed by atoms with Crippen molar-refractivity contribution in [2.24, 2.45) is 0 Å². The molecule has 0 saturated carbocycles. The zero-order valence-electron chi connectivity index (χ0n) is 9.60. The molecule has 1 heterocycles. The van der Waals surface area contributed by atoms with Gasteiger partial charge in [-0.3, -0.25) is 4.79 Å². The van der Waals surface area contributed by atoms with Crippen molar-refractivity contribution < 1.29 is 4.39 Å². The molecule has 0 bridgehead atoms. The lowest BCUT2D eigenvalue weighted by Crippen LogP contribution is -2.16. The zero-order chi connectivity index (χ0) is 11.9. The predicted molar refractivity (Wildman–Crippen MR) is 63.2 cm³/mol. The molecule has 0 spiro atoms. The van der Waals surface area contributed by atoms with Crippen LogP contribution in [0.1, 0.15) is 26.3 Å². The summed E-state index contributed by atoms with van der Waals surface area (Å²) in [7, 11) is 0. The van der Waals surface area contributed by atoms with E-state index in [1.807, 2.05) is 0 Å². The minimum atomic E-state index is -0.385. The van der Waals surface area contributed by atoms with E-state index in [9.17, 15) is 9.18 Å². The van der Waals surface area contributed by atoms with Crippen molar-refractivity contribution in [2.75, 3.05) is 0 Å². The van der Waals surface area contributed by atoms with Crippen LogP contribution in [0.3, 0.4) is 0 Å². The Morgan fingerprint density at radius 1 is 1.19 bits per heavy atom. The van der Waals surface area contributed by atoms with Gasteiger partial charge in [0.05, 0.1) is 5.39 Å². The Hall–Kier alpha value is -1.64. The number of pyridine rings is 1. The average molecular weight is 219 g/mol. The Kier molecular flexibility index (Phi) is 2.34. The van der Waals surface area contributed by atoms with E-state index in [-0.39, 0.29) is 16.8 Å². The first kappa shape index (κ1) is 10.9. The SMILES string of the molecule is CC(C)(C)c1c[nH]c(=O)c2cc(F)ccc12. The van der Waals surface area contributed by atoms with Crippen LogP contribution >= 0.6 is 0 Å². The number of aromatic amines is 1. The largest absolute Gasteiger partial charge is 0.328 e. The van der Waals surface area contributed by atoms with Gasteiger partial charge in [-0.15, -0.1) is 0 Å². The third-order valence-corrected chi connectivity index (χ3v) is 2.67. The van der Waals surface area contributed by atoms with Crippen molar-refractivity contribution in [1.29, 1.82) is 0 Å². The molecule has 3 heteroatoms.